The van der Waals surface area contributed by atoms with Gasteiger partial charge in [0.25, 0.3) is 0 Å². The van der Waals surface area contributed by atoms with Gasteiger partial charge in [-0.15, -0.1) is 12.4 Å². The van der Waals surface area contributed by atoms with Crippen LogP contribution in [-0.2, 0) is 14.3 Å². The molecule has 0 radical (unpaired) electrons. The van der Waals surface area contributed by atoms with Crippen LogP contribution in [0, 0.1) is 5.41 Å². The van der Waals surface area contributed by atoms with Crippen molar-refractivity contribution in [2.75, 3.05) is 19.6 Å². The third-order valence-electron chi connectivity index (χ3n) is 8.05. The lowest BCUT2D eigenvalue weighted by Crippen LogP contribution is -2.45. The number of halogens is 3. The number of hydrogen-bond donors (Lipinski definition) is 4. The number of amides is 2. The monoisotopic (exact) mass is 655 g/mol. The highest BCUT2D eigenvalue weighted by atomic mass is 35.5. The molecular weight excluding hydrogens is 596 g/mol. The van der Waals surface area contributed by atoms with Crippen molar-refractivity contribution >= 4 is 30.6 Å². The van der Waals surface area contributed by atoms with E-state index in [4.69, 9.17) is 15.2 Å². The molecule has 3 aliphatic rings. The van der Waals surface area contributed by atoms with Crippen molar-refractivity contribution in [2.24, 2.45) is 11.1 Å². The van der Waals surface area contributed by atoms with E-state index in [1.807, 2.05) is 0 Å². The number of carbonyl (C=O) groups excluding carboxylic acids is 2. The topological polar surface area (TPSA) is 140 Å². The Morgan fingerprint density at radius 1 is 0.659 bits per heavy atom. The quantitative estimate of drug-likeness (QED) is 0.229. The molecule has 260 valence electrons. The first kappa shape index (κ1) is 42.1. The molecule has 3 fully saturated rings. The van der Waals surface area contributed by atoms with Crippen LogP contribution in [0.5, 0.6) is 0 Å². The lowest BCUT2D eigenvalue weighted by atomic mass is 9.74. The van der Waals surface area contributed by atoms with Crippen molar-refractivity contribution in [3.05, 3.63) is 0 Å². The lowest BCUT2D eigenvalue weighted by Gasteiger charge is -2.33. The standard InChI is InChI=1S/C13H23NO4.C12H22FNO2.C7H14FN.ClH/c1-12(2,3)18-11(17)14-9-13(10(15)16)7-5-4-6-8-13;1-11(2,3)16-10(15)14-9-12(13)7-5-4-6-8-12;8-7(6-9)4-2-1-3-5-7;/h4-9H2,1-3H3,(H,14,17)(H,15,16);4-9H2,1-3H3,(H,14,15);1-6,9H2;1H. The van der Waals surface area contributed by atoms with Gasteiger partial charge < -0.3 is 30.9 Å². The maximum absolute atomic E-state index is 14.1. The van der Waals surface area contributed by atoms with Crippen LogP contribution in [0.3, 0.4) is 0 Å². The van der Waals surface area contributed by atoms with E-state index in [2.05, 4.69) is 10.6 Å². The molecule has 12 heteroatoms. The van der Waals surface area contributed by atoms with Gasteiger partial charge in [0.1, 0.15) is 22.5 Å². The van der Waals surface area contributed by atoms with Crippen molar-refractivity contribution in [1.29, 1.82) is 0 Å². The first-order valence-electron chi connectivity index (χ1n) is 16.1. The molecule has 0 aromatic rings. The molecule has 9 nitrogen and oxygen atoms in total. The molecule has 3 aliphatic carbocycles. The second-order valence-corrected chi connectivity index (χ2v) is 14.5. The van der Waals surface area contributed by atoms with Crippen molar-refractivity contribution in [3.63, 3.8) is 0 Å². The van der Waals surface area contributed by atoms with Crippen LogP contribution in [0.1, 0.15) is 138 Å². The molecule has 3 saturated carbocycles. The van der Waals surface area contributed by atoms with E-state index < -0.39 is 46.1 Å². The van der Waals surface area contributed by atoms with E-state index in [0.29, 0.717) is 38.5 Å². The molecule has 0 atom stereocenters. The van der Waals surface area contributed by atoms with Gasteiger partial charge in [0.2, 0.25) is 0 Å². The van der Waals surface area contributed by atoms with Gasteiger partial charge >= 0.3 is 18.2 Å². The summed E-state index contributed by atoms with van der Waals surface area (Å²) < 4.78 is 37.4. The number of carboxylic acid groups (broad SMARTS) is 1. The SMILES string of the molecule is CC(C)(C)OC(=O)NCC1(C(=O)O)CCCCC1.CC(C)(C)OC(=O)NCC1(F)CCCCC1.Cl.NCC1(F)CCCCC1. The van der Waals surface area contributed by atoms with Crippen LogP contribution in [0.4, 0.5) is 18.4 Å². The van der Waals surface area contributed by atoms with Crippen LogP contribution >= 0.6 is 12.4 Å². The summed E-state index contributed by atoms with van der Waals surface area (Å²) in [5.41, 5.74) is 1.13. The zero-order valence-electron chi connectivity index (χ0n) is 28.0. The van der Waals surface area contributed by atoms with E-state index in [-0.39, 0.29) is 32.0 Å². The molecule has 3 rings (SSSR count). The number of alkyl halides is 2. The van der Waals surface area contributed by atoms with E-state index >= 15 is 0 Å². The fourth-order valence-electron chi connectivity index (χ4n) is 5.55. The number of rotatable bonds is 6. The van der Waals surface area contributed by atoms with Gasteiger partial charge in [0, 0.05) is 13.1 Å². The van der Waals surface area contributed by atoms with Gasteiger partial charge in [-0.2, -0.15) is 0 Å². The number of hydrogen-bond acceptors (Lipinski definition) is 6. The summed E-state index contributed by atoms with van der Waals surface area (Å²) in [4.78, 5) is 34.3. The molecule has 5 N–H and O–H groups in total. The largest absolute Gasteiger partial charge is 0.481 e. The predicted molar refractivity (Wildman–Crippen MR) is 172 cm³/mol. The Bertz CT molecular complexity index is 861. The smallest absolute Gasteiger partial charge is 0.407 e. The summed E-state index contributed by atoms with van der Waals surface area (Å²) >= 11 is 0. The van der Waals surface area contributed by atoms with Crippen LogP contribution in [0.25, 0.3) is 0 Å². The summed E-state index contributed by atoms with van der Waals surface area (Å²) in [5.74, 6) is -0.821. The third kappa shape index (κ3) is 17.6. The van der Waals surface area contributed by atoms with Gasteiger partial charge in [-0.1, -0.05) is 57.8 Å². The maximum atomic E-state index is 14.1. The Labute approximate surface area is 269 Å². The van der Waals surface area contributed by atoms with Crippen LogP contribution < -0.4 is 16.4 Å². The minimum Gasteiger partial charge on any atom is -0.481 e. The van der Waals surface area contributed by atoms with E-state index in [1.165, 1.54) is 6.42 Å². The molecular formula is C32H60ClF2N3O6. The number of aliphatic carboxylic acids is 1. The Balaban J connectivity index is 0.000000654. The fourth-order valence-corrected chi connectivity index (χ4v) is 5.55. The summed E-state index contributed by atoms with van der Waals surface area (Å²) in [5, 5.41) is 14.4. The summed E-state index contributed by atoms with van der Waals surface area (Å²) in [6.07, 6.45) is 11.6. The van der Waals surface area contributed by atoms with Crippen LogP contribution in [-0.4, -0.2) is 65.4 Å². The van der Waals surface area contributed by atoms with Gasteiger partial charge in [0.15, 0.2) is 0 Å². The zero-order chi connectivity index (χ0) is 32.8. The molecule has 0 spiro atoms. The molecule has 0 aromatic heterocycles. The Kier molecular flexibility index (Phi) is 18.1. The predicted octanol–water partition coefficient (Wildman–Crippen LogP) is 7.77. The van der Waals surface area contributed by atoms with Crippen molar-refractivity contribution < 1.29 is 37.7 Å². The highest BCUT2D eigenvalue weighted by Crippen LogP contribution is 2.36. The summed E-state index contributed by atoms with van der Waals surface area (Å²) in [6, 6.07) is 0. The average molecular weight is 656 g/mol. The Morgan fingerprint density at radius 2 is 1.00 bits per heavy atom. The molecule has 0 aliphatic heterocycles. The van der Waals surface area contributed by atoms with Crippen molar-refractivity contribution in [1.82, 2.24) is 10.6 Å². The first-order valence-corrected chi connectivity index (χ1v) is 16.1. The minimum absolute atomic E-state index is 0. The number of nitrogens with two attached hydrogens (primary N) is 1. The van der Waals surface area contributed by atoms with Crippen molar-refractivity contribution in [2.45, 2.75) is 160 Å². The fraction of sp³-hybridized carbons (Fsp3) is 0.906. The highest BCUT2D eigenvalue weighted by molar-refractivity contribution is 5.85. The van der Waals surface area contributed by atoms with Crippen molar-refractivity contribution in [3.8, 4) is 0 Å². The number of carbonyl (C=O) groups is 3. The number of ether oxygens (including phenoxy) is 2. The Hall–Kier alpha value is -1.88. The van der Waals surface area contributed by atoms with Gasteiger partial charge in [-0.05, 0) is 80.1 Å². The molecule has 44 heavy (non-hydrogen) atoms. The molecule has 0 aromatic carbocycles. The van der Waals surface area contributed by atoms with Crippen LogP contribution in [0.15, 0.2) is 0 Å². The molecule has 2 amide bonds. The van der Waals surface area contributed by atoms with Gasteiger partial charge in [-0.25, -0.2) is 18.4 Å². The second kappa shape index (κ2) is 18.9. The third-order valence-corrected chi connectivity index (χ3v) is 8.05. The maximum Gasteiger partial charge on any atom is 0.407 e. The van der Waals surface area contributed by atoms with E-state index in [1.54, 1.807) is 41.5 Å². The first-order chi connectivity index (χ1) is 19.8. The Morgan fingerprint density at radius 3 is 1.32 bits per heavy atom. The number of alkyl carbamates (subject to hydrolysis) is 2. The normalized spacial score (nSPS) is 20.5. The minimum atomic E-state index is -1.23. The highest BCUT2D eigenvalue weighted by Gasteiger charge is 2.40. The van der Waals surface area contributed by atoms with Crippen LogP contribution in [0.2, 0.25) is 0 Å². The van der Waals surface area contributed by atoms with Gasteiger partial charge in [-0.3, -0.25) is 4.79 Å². The molecule has 0 heterocycles. The summed E-state index contributed by atoms with van der Waals surface area (Å²) in [6.45, 7) is 11.1. The van der Waals surface area contributed by atoms with E-state index in [0.717, 1.165) is 51.4 Å². The van der Waals surface area contributed by atoms with Gasteiger partial charge in [0.05, 0.1) is 12.0 Å². The molecule has 0 saturated heterocycles. The second-order valence-electron chi connectivity index (χ2n) is 14.5. The number of nitrogens with one attached hydrogen (secondary N) is 2. The summed E-state index contributed by atoms with van der Waals surface area (Å²) in [7, 11) is 0. The average Bonchev–Trinajstić information content (AvgIpc) is 2.91. The molecule has 0 unspecified atom stereocenters. The number of carboxylic acids is 1. The molecule has 0 bridgehead atoms. The van der Waals surface area contributed by atoms with E-state index in [9.17, 15) is 28.3 Å². The lowest BCUT2D eigenvalue weighted by molar-refractivity contribution is -0.150. The zero-order valence-corrected chi connectivity index (χ0v) is 28.8.